The number of rotatable bonds is 12. The number of amides is 1. The highest BCUT2D eigenvalue weighted by molar-refractivity contribution is 7.89. The second-order valence-electron chi connectivity index (χ2n) is 10.8. The highest BCUT2D eigenvalue weighted by atomic mass is 32.2. The number of aryl methyl sites for hydroxylation is 1. The molecule has 43 heavy (non-hydrogen) atoms. The summed E-state index contributed by atoms with van der Waals surface area (Å²) in [5.41, 5.74) is 1.06. The van der Waals surface area contributed by atoms with Gasteiger partial charge in [-0.15, -0.1) is 0 Å². The summed E-state index contributed by atoms with van der Waals surface area (Å²) in [6.45, 7) is 6.50. The number of phenolic OH excluding ortho intramolecular Hbond substituents is 1. The number of carbonyl (C=O) groups is 1. The summed E-state index contributed by atoms with van der Waals surface area (Å²) >= 11 is 0. The third kappa shape index (κ3) is 7.19. The van der Waals surface area contributed by atoms with Crippen molar-refractivity contribution in [2.24, 2.45) is 5.92 Å². The molecule has 2 atom stereocenters. The van der Waals surface area contributed by atoms with E-state index in [-0.39, 0.29) is 41.5 Å². The van der Waals surface area contributed by atoms with Gasteiger partial charge in [-0.1, -0.05) is 44.2 Å². The van der Waals surface area contributed by atoms with Gasteiger partial charge in [0.25, 0.3) is 5.91 Å². The number of aromatic hydroxyl groups is 1. The molecule has 0 saturated heterocycles. The number of benzene rings is 3. The van der Waals surface area contributed by atoms with Crippen LogP contribution < -0.4 is 5.32 Å². The van der Waals surface area contributed by atoms with Crippen LogP contribution >= 0.6 is 0 Å². The summed E-state index contributed by atoms with van der Waals surface area (Å²) in [5, 5.41) is 35.7. The molecule has 3 N–H and O–H groups in total. The summed E-state index contributed by atoms with van der Waals surface area (Å²) in [7, 11) is -4.11. The molecule has 0 aliphatic rings. The maximum absolute atomic E-state index is 13.8. The van der Waals surface area contributed by atoms with Gasteiger partial charge in [0, 0.05) is 43.3 Å². The van der Waals surface area contributed by atoms with Gasteiger partial charge in [0.2, 0.25) is 10.0 Å². The van der Waals surface area contributed by atoms with E-state index in [1.807, 2.05) is 32.0 Å². The summed E-state index contributed by atoms with van der Waals surface area (Å²) < 4.78 is 34.4. The first kappa shape index (κ1) is 31.6. The highest BCUT2D eigenvalue weighted by Gasteiger charge is 2.32. The van der Waals surface area contributed by atoms with E-state index in [1.165, 1.54) is 29.4 Å². The van der Waals surface area contributed by atoms with Crippen molar-refractivity contribution in [2.75, 3.05) is 13.1 Å². The molecule has 1 amide bonds. The summed E-state index contributed by atoms with van der Waals surface area (Å²) in [5.74, 6) is -1.01. The van der Waals surface area contributed by atoms with Crippen LogP contribution in [0.15, 0.2) is 70.0 Å². The number of fused-ring (bicyclic) bond motifs is 1. The fraction of sp³-hybridized carbons (Fsp3) is 0.333. The van der Waals surface area contributed by atoms with Crippen molar-refractivity contribution < 1.29 is 32.8 Å². The molecule has 0 radical (unpaired) electrons. The summed E-state index contributed by atoms with van der Waals surface area (Å²) in [4.78, 5) is 28.0. The first-order valence-corrected chi connectivity index (χ1v) is 15.1. The Morgan fingerprint density at radius 3 is 2.44 bits per heavy atom. The molecule has 0 aliphatic carbocycles. The third-order valence-corrected chi connectivity index (χ3v) is 8.82. The smallest absolute Gasteiger partial charge is 0.311 e. The van der Waals surface area contributed by atoms with E-state index in [1.54, 1.807) is 25.1 Å². The van der Waals surface area contributed by atoms with E-state index >= 15 is 0 Å². The third-order valence-electron chi connectivity index (χ3n) is 6.99. The molecule has 1 aromatic heterocycles. The minimum atomic E-state index is -4.11. The highest BCUT2D eigenvalue weighted by Crippen LogP contribution is 2.31. The molecule has 12 nitrogen and oxygen atoms in total. The Kier molecular flexibility index (Phi) is 9.48. The van der Waals surface area contributed by atoms with Crippen LogP contribution in [0.2, 0.25) is 0 Å². The Bertz CT molecular complexity index is 1740. The minimum Gasteiger partial charge on any atom is -0.502 e. The van der Waals surface area contributed by atoms with Gasteiger partial charge in [0.05, 0.1) is 22.0 Å². The van der Waals surface area contributed by atoms with Crippen molar-refractivity contribution in [1.82, 2.24) is 14.6 Å². The van der Waals surface area contributed by atoms with Crippen LogP contribution in [0.1, 0.15) is 41.2 Å². The van der Waals surface area contributed by atoms with E-state index in [0.717, 1.165) is 11.6 Å². The standard InChI is InChI=1S/C30H34N4O8S/c1-18(2)16-33(43(40,41)22-10-12-24-28(15-22)42-20(4)31-24)17-27(35)25(14-21-8-6-5-7-9-21)32-30(37)23-11-13-26(34(38)39)29(36)19(23)3/h5-13,15,18,25,27,35-36H,14,16-17H2,1-4H3,(H,32,37)/t25-,27+/m0/s1. The number of aliphatic hydroxyl groups is 1. The SMILES string of the molecule is Cc1nc2ccc(S(=O)(=O)N(CC(C)C)C[C@@H](O)[C@H](Cc3ccccc3)NC(=O)c3ccc([N+](=O)[O-])c(O)c3C)cc2o1. The number of nitrogens with one attached hydrogen (secondary N) is 1. The lowest BCUT2D eigenvalue weighted by atomic mass is 9.99. The van der Waals surface area contributed by atoms with Gasteiger partial charge >= 0.3 is 5.69 Å². The molecule has 0 saturated carbocycles. The van der Waals surface area contributed by atoms with Gasteiger partial charge in [0.15, 0.2) is 17.2 Å². The van der Waals surface area contributed by atoms with E-state index in [9.17, 15) is 33.5 Å². The first-order chi connectivity index (χ1) is 20.3. The monoisotopic (exact) mass is 610 g/mol. The van der Waals surface area contributed by atoms with Gasteiger partial charge in [-0.3, -0.25) is 14.9 Å². The number of oxazole rings is 1. The lowest BCUT2D eigenvalue weighted by Crippen LogP contribution is -2.51. The average Bonchev–Trinajstić information content (AvgIpc) is 3.33. The number of carbonyl (C=O) groups excluding carboxylic acids is 1. The number of aliphatic hydroxyl groups excluding tert-OH is 1. The second kappa shape index (κ2) is 12.9. The number of nitrogens with zero attached hydrogens (tertiary/aromatic N) is 3. The minimum absolute atomic E-state index is 0.00158. The Labute approximate surface area is 249 Å². The van der Waals surface area contributed by atoms with Crippen molar-refractivity contribution in [3.05, 3.63) is 93.4 Å². The molecule has 228 valence electrons. The van der Waals surface area contributed by atoms with Crippen LogP contribution in [0.5, 0.6) is 5.75 Å². The number of nitro benzene ring substituents is 1. The second-order valence-corrected chi connectivity index (χ2v) is 12.7. The Morgan fingerprint density at radius 2 is 1.79 bits per heavy atom. The van der Waals surface area contributed by atoms with Crippen molar-refractivity contribution in [3.8, 4) is 5.75 Å². The Balaban J connectivity index is 1.65. The van der Waals surface area contributed by atoms with Crippen LogP contribution in [0, 0.1) is 29.9 Å². The topological polar surface area (TPSA) is 176 Å². The first-order valence-electron chi connectivity index (χ1n) is 13.6. The predicted molar refractivity (Wildman–Crippen MR) is 159 cm³/mol. The normalized spacial score (nSPS) is 13.4. The van der Waals surface area contributed by atoms with E-state index in [2.05, 4.69) is 10.3 Å². The number of nitro groups is 1. The number of hydrogen-bond acceptors (Lipinski definition) is 9. The Hall–Kier alpha value is -4.33. The van der Waals surface area contributed by atoms with E-state index in [0.29, 0.717) is 17.0 Å². The molecule has 0 aliphatic heterocycles. The van der Waals surface area contributed by atoms with Gasteiger partial charge in [-0.05, 0) is 43.0 Å². The summed E-state index contributed by atoms with van der Waals surface area (Å²) in [6.07, 6.45) is -1.20. The van der Waals surface area contributed by atoms with E-state index in [4.69, 9.17) is 4.42 Å². The van der Waals surface area contributed by atoms with Crippen molar-refractivity contribution in [3.63, 3.8) is 0 Å². The molecule has 0 fully saturated rings. The van der Waals surface area contributed by atoms with Crippen molar-refractivity contribution in [2.45, 2.75) is 51.2 Å². The van der Waals surface area contributed by atoms with E-state index < -0.39 is 44.4 Å². The van der Waals surface area contributed by atoms with Crippen molar-refractivity contribution >= 4 is 32.7 Å². The van der Waals surface area contributed by atoms with Crippen LogP contribution in [-0.2, 0) is 16.4 Å². The number of hydrogen-bond donors (Lipinski definition) is 3. The van der Waals surface area contributed by atoms with Crippen molar-refractivity contribution in [1.29, 1.82) is 0 Å². The average molecular weight is 611 g/mol. The predicted octanol–water partition coefficient (Wildman–Crippen LogP) is 4.11. The molecule has 1 heterocycles. The molecule has 4 rings (SSSR count). The molecule has 4 aromatic rings. The van der Waals surface area contributed by atoms with Crippen LogP contribution in [0.3, 0.4) is 0 Å². The summed E-state index contributed by atoms with van der Waals surface area (Å²) in [6, 6.07) is 14.7. The molecular weight excluding hydrogens is 576 g/mol. The number of phenols is 1. The van der Waals surface area contributed by atoms with Gasteiger partial charge < -0.3 is 19.9 Å². The lowest BCUT2D eigenvalue weighted by Gasteiger charge is -2.31. The zero-order valence-electron chi connectivity index (χ0n) is 24.2. The van der Waals surface area contributed by atoms with Gasteiger partial charge in [0.1, 0.15) is 5.52 Å². The van der Waals surface area contributed by atoms with Gasteiger partial charge in [-0.2, -0.15) is 4.31 Å². The molecule has 0 bridgehead atoms. The lowest BCUT2D eigenvalue weighted by molar-refractivity contribution is -0.385. The number of sulfonamides is 1. The van der Waals surface area contributed by atoms with Crippen LogP contribution in [0.4, 0.5) is 5.69 Å². The van der Waals surface area contributed by atoms with Crippen LogP contribution in [0.25, 0.3) is 11.1 Å². The Morgan fingerprint density at radius 1 is 1.09 bits per heavy atom. The quantitative estimate of drug-likeness (QED) is 0.157. The fourth-order valence-electron chi connectivity index (χ4n) is 4.82. The molecule has 0 spiro atoms. The maximum Gasteiger partial charge on any atom is 0.311 e. The molecule has 0 unspecified atom stereocenters. The number of aromatic nitrogens is 1. The van der Waals surface area contributed by atoms with Gasteiger partial charge in [-0.25, -0.2) is 13.4 Å². The zero-order valence-corrected chi connectivity index (χ0v) is 25.0. The maximum atomic E-state index is 13.8. The molecular formula is C30H34N4O8S. The largest absolute Gasteiger partial charge is 0.502 e. The molecule has 13 heteroatoms. The zero-order chi connectivity index (χ0) is 31.5. The molecule has 3 aromatic carbocycles. The van der Waals surface area contributed by atoms with Crippen LogP contribution in [-0.4, -0.2) is 64.0 Å². The fourth-order valence-corrected chi connectivity index (χ4v) is 6.46.